The Bertz CT molecular complexity index is 498. The number of nitrogens with zero attached hydrogens (tertiary/aromatic N) is 1. The van der Waals surface area contributed by atoms with Crippen LogP contribution in [0.4, 0.5) is 0 Å². The van der Waals surface area contributed by atoms with Gasteiger partial charge in [0.2, 0.25) is 0 Å². The van der Waals surface area contributed by atoms with E-state index in [0.717, 1.165) is 38.8 Å². The summed E-state index contributed by atoms with van der Waals surface area (Å²) in [7, 11) is 0. The van der Waals surface area contributed by atoms with E-state index in [1.54, 1.807) is 0 Å². The van der Waals surface area contributed by atoms with Crippen molar-refractivity contribution in [2.45, 2.75) is 58.5 Å². The second-order valence-corrected chi connectivity index (χ2v) is 6.04. The van der Waals surface area contributed by atoms with Gasteiger partial charge in [0.15, 0.2) is 0 Å². The Labute approximate surface area is 121 Å². The van der Waals surface area contributed by atoms with Gasteiger partial charge in [0.1, 0.15) is 5.54 Å². The molecular formula is C17H25NO2. The zero-order valence-corrected chi connectivity index (χ0v) is 12.8. The number of likely N-dealkylation sites (tertiary alicyclic amines) is 1. The molecule has 1 fully saturated rings. The molecule has 2 rings (SSSR count). The number of aryl methyl sites for hydroxylation is 2. The van der Waals surface area contributed by atoms with Crippen LogP contribution in [-0.2, 0) is 11.3 Å². The van der Waals surface area contributed by atoms with Crippen LogP contribution < -0.4 is 0 Å². The Morgan fingerprint density at radius 3 is 2.80 bits per heavy atom. The Kier molecular flexibility index (Phi) is 4.48. The van der Waals surface area contributed by atoms with E-state index in [1.165, 1.54) is 16.7 Å². The fourth-order valence-corrected chi connectivity index (χ4v) is 3.39. The van der Waals surface area contributed by atoms with Gasteiger partial charge in [-0.25, -0.2) is 0 Å². The third kappa shape index (κ3) is 2.73. The lowest BCUT2D eigenvalue weighted by atomic mass is 9.90. The van der Waals surface area contributed by atoms with Crippen molar-refractivity contribution in [3.8, 4) is 0 Å². The van der Waals surface area contributed by atoms with E-state index < -0.39 is 11.5 Å². The summed E-state index contributed by atoms with van der Waals surface area (Å²) in [6.45, 7) is 7.90. The van der Waals surface area contributed by atoms with Gasteiger partial charge in [0, 0.05) is 6.54 Å². The lowest BCUT2D eigenvalue weighted by molar-refractivity contribution is -0.150. The van der Waals surface area contributed by atoms with Crippen LogP contribution in [0.1, 0.15) is 49.3 Å². The van der Waals surface area contributed by atoms with Crippen LogP contribution in [0.3, 0.4) is 0 Å². The molecule has 1 N–H and O–H groups in total. The van der Waals surface area contributed by atoms with Crippen molar-refractivity contribution in [1.82, 2.24) is 4.90 Å². The van der Waals surface area contributed by atoms with Gasteiger partial charge in [-0.2, -0.15) is 0 Å². The summed E-state index contributed by atoms with van der Waals surface area (Å²) < 4.78 is 0. The largest absolute Gasteiger partial charge is 0.480 e. The average molecular weight is 275 g/mol. The smallest absolute Gasteiger partial charge is 0.324 e. The van der Waals surface area contributed by atoms with Gasteiger partial charge in [-0.05, 0) is 50.8 Å². The molecule has 0 amide bonds. The molecule has 0 aliphatic carbocycles. The molecule has 1 saturated heterocycles. The minimum Gasteiger partial charge on any atom is -0.480 e. The van der Waals surface area contributed by atoms with E-state index in [9.17, 15) is 9.90 Å². The van der Waals surface area contributed by atoms with Crippen LogP contribution in [0.2, 0.25) is 0 Å². The van der Waals surface area contributed by atoms with Crippen LogP contribution in [0.5, 0.6) is 0 Å². The Hall–Kier alpha value is -1.35. The molecule has 0 radical (unpaired) electrons. The third-order valence-corrected chi connectivity index (χ3v) is 4.55. The number of hydrogen-bond donors (Lipinski definition) is 1. The molecule has 1 aromatic rings. The summed E-state index contributed by atoms with van der Waals surface area (Å²) >= 11 is 0. The van der Waals surface area contributed by atoms with Gasteiger partial charge in [-0.3, -0.25) is 9.69 Å². The Morgan fingerprint density at radius 1 is 1.40 bits per heavy atom. The van der Waals surface area contributed by atoms with Gasteiger partial charge in [-0.15, -0.1) is 0 Å². The van der Waals surface area contributed by atoms with E-state index >= 15 is 0 Å². The topological polar surface area (TPSA) is 40.5 Å². The highest BCUT2D eigenvalue weighted by Crippen LogP contribution is 2.35. The Morgan fingerprint density at radius 2 is 2.15 bits per heavy atom. The van der Waals surface area contributed by atoms with Crippen LogP contribution >= 0.6 is 0 Å². The van der Waals surface area contributed by atoms with Gasteiger partial charge in [0.25, 0.3) is 0 Å². The van der Waals surface area contributed by atoms with Gasteiger partial charge in [0.05, 0.1) is 0 Å². The molecule has 1 aromatic carbocycles. The summed E-state index contributed by atoms with van der Waals surface area (Å²) in [4.78, 5) is 14.0. The predicted molar refractivity (Wildman–Crippen MR) is 80.8 cm³/mol. The lowest BCUT2D eigenvalue weighted by Gasteiger charge is -2.35. The second kappa shape index (κ2) is 5.96. The molecule has 1 aliphatic heterocycles. The minimum atomic E-state index is -0.651. The van der Waals surface area contributed by atoms with E-state index in [4.69, 9.17) is 0 Å². The Balaban J connectivity index is 2.26. The maximum absolute atomic E-state index is 11.8. The molecule has 110 valence electrons. The zero-order valence-electron chi connectivity index (χ0n) is 12.8. The monoisotopic (exact) mass is 275 g/mol. The van der Waals surface area contributed by atoms with E-state index in [-0.39, 0.29) is 0 Å². The zero-order chi connectivity index (χ0) is 14.8. The van der Waals surface area contributed by atoms with E-state index in [0.29, 0.717) is 0 Å². The fraction of sp³-hybridized carbons (Fsp3) is 0.588. The molecule has 0 saturated carbocycles. The minimum absolute atomic E-state index is 0.648. The number of carboxylic acids is 1. The molecule has 1 atom stereocenters. The summed E-state index contributed by atoms with van der Waals surface area (Å²) in [5.41, 5.74) is 3.10. The number of benzene rings is 1. The predicted octanol–water partition coefficient (Wildman–Crippen LogP) is 3.52. The first-order chi connectivity index (χ1) is 9.49. The third-order valence-electron chi connectivity index (χ3n) is 4.55. The molecule has 1 aliphatic rings. The molecule has 0 spiro atoms. The quantitative estimate of drug-likeness (QED) is 0.893. The first-order valence-corrected chi connectivity index (χ1v) is 7.54. The molecule has 3 heteroatoms. The summed E-state index contributed by atoms with van der Waals surface area (Å²) in [5, 5.41) is 9.73. The fourth-order valence-electron chi connectivity index (χ4n) is 3.39. The first kappa shape index (κ1) is 15.0. The van der Waals surface area contributed by atoms with Crippen LogP contribution in [0.25, 0.3) is 0 Å². The lowest BCUT2D eigenvalue weighted by Crippen LogP contribution is -2.50. The number of carbonyl (C=O) groups is 1. The van der Waals surface area contributed by atoms with E-state index in [2.05, 4.69) is 43.9 Å². The average Bonchev–Trinajstić information content (AvgIpc) is 2.79. The standard InChI is InChI=1S/C17H25NO2/c1-4-8-17(16(19)20)9-5-10-18(17)12-15-11-13(2)6-7-14(15)3/h6-7,11H,4-5,8-10,12H2,1-3H3,(H,19,20). The van der Waals surface area contributed by atoms with Crippen molar-refractivity contribution in [3.05, 3.63) is 34.9 Å². The van der Waals surface area contributed by atoms with Crippen molar-refractivity contribution < 1.29 is 9.90 Å². The number of rotatable bonds is 5. The number of hydrogen-bond acceptors (Lipinski definition) is 2. The number of aliphatic carboxylic acids is 1. The first-order valence-electron chi connectivity index (χ1n) is 7.54. The molecule has 0 bridgehead atoms. The molecular weight excluding hydrogens is 250 g/mol. The van der Waals surface area contributed by atoms with Crippen LogP contribution in [-0.4, -0.2) is 28.1 Å². The summed E-state index contributed by atoms with van der Waals surface area (Å²) in [5.74, 6) is -0.651. The molecule has 20 heavy (non-hydrogen) atoms. The van der Waals surface area contributed by atoms with Gasteiger partial charge < -0.3 is 5.11 Å². The highest BCUT2D eigenvalue weighted by atomic mass is 16.4. The van der Waals surface area contributed by atoms with Crippen LogP contribution in [0.15, 0.2) is 18.2 Å². The summed E-state index contributed by atoms with van der Waals surface area (Å²) in [6, 6.07) is 6.43. The van der Waals surface area contributed by atoms with Crippen LogP contribution in [0, 0.1) is 13.8 Å². The molecule has 1 unspecified atom stereocenters. The summed E-state index contributed by atoms with van der Waals surface area (Å²) in [6.07, 6.45) is 3.42. The van der Waals surface area contributed by atoms with Crippen molar-refractivity contribution in [2.24, 2.45) is 0 Å². The van der Waals surface area contributed by atoms with Crippen molar-refractivity contribution >= 4 is 5.97 Å². The maximum atomic E-state index is 11.8. The number of carboxylic acid groups (broad SMARTS) is 1. The van der Waals surface area contributed by atoms with Crippen molar-refractivity contribution in [1.29, 1.82) is 0 Å². The molecule has 3 nitrogen and oxygen atoms in total. The highest BCUT2D eigenvalue weighted by Gasteiger charge is 2.46. The SMILES string of the molecule is CCCC1(C(=O)O)CCCN1Cc1cc(C)ccc1C. The highest BCUT2D eigenvalue weighted by molar-refractivity contribution is 5.79. The normalized spacial score (nSPS) is 23.1. The second-order valence-electron chi connectivity index (χ2n) is 6.04. The maximum Gasteiger partial charge on any atom is 0.324 e. The molecule has 0 aromatic heterocycles. The van der Waals surface area contributed by atoms with E-state index in [1.807, 2.05) is 0 Å². The van der Waals surface area contributed by atoms with Crippen molar-refractivity contribution in [3.63, 3.8) is 0 Å². The van der Waals surface area contributed by atoms with Gasteiger partial charge in [-0.1, -0.05) is 37.1 Å². The van der Waals surface area contributed by atoms with Gasteiger partial charge >= 0.3 is 5.97 Å². The molecule has 1 heterocycles. The van der Waals surface area contributed by atoms with Crippen molar-refractivity contribution in [2.75, 3.05) is 6.54 Å².